The topological polar surface area (TPSA) is 77.0 Å². The van der Waals surface area contributed by atoms with E-state index in [0.29, 0.717) is 11.1 Å². The summed E-state index contributed by atoms with van der Waals surface area (Å²) in [5, 5.41) is 0. The molecule has 1 atom stereocenters. The van der Waals surface area contributed by atoms with Crippen LogP contribution in [-0.4, -0.2) is 20.8 Å². The molecule has 5 nitrogen and oxygen atoms in total. The molecule has 0 aliphatic carbocycles. The summed E-state index contributed by atoms with van der Waals surface area (Å²) in [5.41, 5.74) is 9.87. The molecule has 0 saturated heterocycles. The maximum atomic E-state index is 14.7. The summed E-state index contributed by atoms with van der Waals surface area (Å²) < 4.78 is 14.7. The van der Waals surface area contributed by atoms with Crippen LogP contribution in [0.5, 0.6) is 0 Å². The van der Waals surface area contributed by atoms with Crippen molar-refractivity contribution in [2.24, 2.45) is 10.7 Å². The van der Waals surface area contributed by atoms with Crippen molar-refractivity contribution in [3.05, 3.63) is 114 Å². The van der Waals surface area contributed by atoms with Gasteiger partial charge in [0.1, 0.15) is 23.5 Å². The zero-order valence-electron chi connectivity index (χ0n) is 15.3. The molecule has 0 saturated carbocycles. The normalized spacial score (nSPS) is 17.6. The van der Waals surface area contributed by atoms with Crippen LogP contribution < -0.4 is 5.73 Å². The highest BCUT2D eigenvalue weighted by Gasteiger charge is 2.44. The van der Waals surface area contributed by atoms with Gasteiger partial charge in [0.25, 0.3) is 0 Å². The van der Waals surface area contributed by atoms with Crippen LogP contribution >= 0.6 is 0 Å². The number of amidine groups is 1. The molecule has 29 heavy (non-hydrogen) atoms. The summed E-state index contributed by atoms with van der Waals surface area (Å²) >= 11 is 0. The Hall–Kier alpha value is -3.93. The fourth-order valence-electron chi connectivity index (χ4n) is 3.95. The van der Waals surface area contributed by atoms with E-state index in [0.717, 1.165) is 22.3 Å². The Morgan fingerprint density at radius 3 is 2.34 bits per heavy atom. The Labute approximate surface area is 166 Å². The molecular weight excluding hydrogens is 365 g/mol. The van der Waals surface area contributed by atoms with Gasteiger partial charge in [0.15, 0.2) is 0 Å². The number of rotatable bonds is 3. The number of nitrogens with two attached hydrogens (primary N) is 1. The summed E-state index contributed by atoms with van der Waals surface area (Å²) in [6.07, 6.45) is 8.41. The summed E-state index contributed by atoms with van der Waals surface area (Å²) in [4.78, 5) is 17.2. The van der Waals surface area contributed by atoms with Crippen molar-refractivity contribution in [2.45, 2.75) is 5.54 Å². The number of benzene rings is 2. The second-order valence-electron chi connectivity index (χ2n) is 6.81. The first kappa shape index (κ1) is 17.2. The number of aliphatic imine (C=N–C) groups is 1. The predicted octanol–water partition coefficient (Wildman–Crippen LogP) is 3.69. The zero-order chi connectivity index (χ0) is 19.8. The molecule has 0 radical (unpaired) electrons. The van der Waals surface area contributed by atoms with Crippen molar-refractivity contribution in [2.75, 3.05) is 0 Å². The third-order valence-electron chi connectivity index (χ3n) is 5.22. The highest BCUT2D eigenvalue weighted by atomic mass is 19.1. The maximum absolute atomic E-state index is 14.7. The number of aromatic nitrogens is 3. The third-order valence-corrected chi connectivity index (χ3v) is 5.22. The first-order valence-corrected chi connectivity index (χ1v) is 9.11. The van der Waals surface area contributed by atoms with Gasteiger partial charge in [-0.1, -0.05) is 30.3 Å². The van der Waals surface area contributed by atoms with E-state index in [4.69, 9.17) is 10.7 Å². The standard InChI is InChI=1S/C23H16FN5/c24-20-6-2-5-19-21(20)22(25)29-23(19,17-7-9-26-10-8-17)18-4-1-3-15(11-18)16-12-27-14-28-13-16/h1-14H,(H2,25,29). The van der Waals surface area contributed by atoms with Gasteiger partial charge < -0.3 is 5.73 Å². The lowest BCUT2D eigenvalue weighted by Crippen LogP contribution is -2.25. The van der Waals surface area contributed by atoms with Crippen molar-refractivity contribution in [1.29, 1.82) is 0 Å². The molecule has 1 unspecified atom stereocenters. The molecule has 5 rings (SSSR count). The van der Waals surface area contributed by atoms with E-state index in [1.165, 1.54) is 12.4 Å². The Bertz CT molecular complexity index is 1220. The van der Waals surface area contributed by atoms with Crippen molar-refractivity contribution in [1.82, 2.24) is 15.0 Å². The molecule has 0 amide bonds. The van der Waals surface area contributed by atoms with Crippen LogP contribution in [0.15, 0.2) is 90.7 Å². The summed E-state index contributed by atoms with van der Waals surface area (Å²) in [5.74, 6) is -0.198. The minimum atomic E-state index is -0.962. The predicted molar refractivity (Wildman–Crippen MR) is 109 cm³/mol. The Morgan fingerprint density at radius 1 is 0.793 bits per heavy atom. The van der Waals surface area contributed by atoms with E-state index >= 15 is 0 Å². The molecule has 1 aliphatic rings. The molecule has 2 aromatic heterocycles. The van der Waals surface area contributed by atoms with Gasteiger partial charge in [-0.15, -0.1) is 0 Å². The first-order chi connectivity index (χ1) is 14.2. The Kier molecular flexibility index (Phi) is 3.91. The summed E-state index contributed by atoms with van der Waals surface area (Å²) in [6.45, 7) is 0. The van der Waals surface area contributed by atoms with Crippen molar-refractivity contribution in [3.8, 4) is 11.1 Å². The molecule has 2 aromatic carbocycles. The lowest BCUT2D eigenvalue weighted by Gasteiger charge is -2.29. The van der Waals surface area contributed by atoms with Crippen LogP contribution in [0, 0.1) is 5.82 Å². The molecule has 0 bridgehead atoms. The van der Waals surface area contributed by atoms with Crippen LogP contribution in [0.3, 0.4) is 0 Å². The van der Waals surface area contributed by atoms with Crippen molar-refractivity contribution >= 4 is 5.84 Å². The van der Waals surface area contributed by atoms with Gasteiger partial charge in [-0.25, -0.2) is 19.4 Å². The number of hydrogen-bond acceptors (Lipinski definition) is 5. The fourth-order valence-corrected chi connectivity index (χ4v) is 3.95. The van der Waals surface area contributed by atoms with E-state index in [1.54, 1.807) is 30.9 Å². The van der Waals surface area contributed by atoms with Crippen LogP contribution in [0.25, 0.3) is 11.1 Å². The lowest BCUT2D eigenvalue weighted by atomic mass is 9.77. The van der Waals surface area contributed by atoms with Crippen LogP contribution in [0.1, 0.15) is 22.3 Å². The van der Waals surface area contributed by atoms with E-state index in [9.17, 15) is 4.39 Å². The number of pyridine rings is 1. The average Bonchev–Trinajstić information content (AvgIpc) is 3.10. The molecule has 4 aromatic rings. The third kappa shape index (κ3) is 2.61. The molecular formula is C23H16FN5. The van der Waals surface area contributed by atoms with Gasteiger partial charge in [-0.05, 0) is 41.0 Å². The van der Waals surface area contributed by atoms with Gasteiger partial charge in [0, 0.05) is 35.9 Å². The quantitative estimate of drug-likeness (QED) is 0.587. The lowest BCUT2D eigenvalue weighted by molar-refractivity contribution is 0.615. The van der Waals surface area contributed by atoms with Gasteiger partial charge in [0.2, 0.25) is 0 Å². The van der Waals surface area contributed by atoms with Crippen LogP contribution in [0.4, 0.5) is 4.39 Å². The SMILES string of the molecule is NC1=NC(c2ccncc2)(c2cccc(-c3cncnc3)c2)c2cccc(F)c21. The minimum absolute atomic E-state index is 0.184. The Balaban J connectivity index is 1.81. The molecule has 0 fully saturated rings. The van der Waals surface area contributed by atoms with E-state index in [2.05, 4.69) is 15.0 Å². The fraction of sp³-hybridized carbons (Fsp3) is 0.0435. The molecule has 3 heterocycles. The van der Waals surface area contributed by atoms with Gasteiger partial charge >= 0.3 is 0 Å². The highest BCUT2D eigenvalue weighted by molar-refractivity contribution is 6.03. The van der Waals surface area contributed by atoms with Crippen LogP contribution in [-0.2, 0) is 5.54 Å². The van der Waals surface area contributed by atoms with Crippen LogP contribution in [0.2, 0.25) is 0 Å². The molecule has 140 valence electrons. The smallest absolute Gasteiger partial charge is 0.139 e. The maximum Gasteiger partial charge on any atom is 0.139 e. The number of nitrogens with zero attached hydrogens (tertiary/aromatic N) is 4. The molecule has 2 N–H and O–H groups in total. The van der Waals surface area contributed by atoms with E-state index in [1.807, 2.05) is 42.5 Å². The van der Waals surface area contributed by atoms with E-state index < -0.39 is 5.54 Å². The molecule has 1 aliphatic heterocycles. The largest absolute Gasteiger partial charge is 0.383 e. The average molecular weight is 381 g/mol. The van der Waals surface area contributed by atoms with Gasteiger partial charge in [0.05, 0.1) is 5.56 Å². The van der Waals surface area contributed by atoms with Gasteiger partial charge in [-0.2, -0.15) is 0 Å². The summed E-state index contributed by atoms with van der Waals surface area (Å²) in [6, 6.07) is 16.7. The Morgan fingerprint density at radius 2 is 1.55 bits per heavy atom. The number of fused-ring (bicyclic) bond motifs is 1. The van der Waals surface area contributed by atoms with E-state index in [-0.39, 0.29) is 11.7 Å². The number of hydrogen-bond donors (Lipinski definition) is 1. The monoisotopic (exact) mass is 381 g/mol. The highest BCUT2D eigenvalue weighted by Crippen LogP contribution is 2.46. The van der Waals surface area contributed by atoms with Gasteiger partial charge in [-0.3, -0.25) is 4.98 Å². The molecule has 6 heteroatoms. The number of halogens is 1. The minimum Gasteiger partial charge on any atom is -0.383 e. The second kappa shape index (κ2) is 6.60. The summed E-state index contributed by atoms with van der Waals surface area (Å²) in [7, 11) is 0. The zero-order valence-corrected chi connectivity index (χ0v) is 15.3. The first-order valence-electron chi connectivity index (χ1n) is 9.11. The van der Waals surface area contributed by atoms with Crippen molar-refractivity contribution < 1.29 is 4.39 Å². The molecule has 0 spiro atoms. The second-order valence-corrected chi connectivity index (χ2v) is 6.81. The van der Waals surface area contributed by atoms with Crippen molar-refractivity contribution in [3.63, 3.8) is 0 Å².